The van der Waals surface area contributed by atoms with E-state index in [1.807, 2.05) is 24.3 Å². The van der Waals surface area contributed by atoms with Crippen molar-refractivity contribution in [2.24, 2.45) is 0 Å². The van der Waals surface area contributed by atoms with E-state index in [4.69, 9.17) is 9.47 Å². The second-order valence-corrected chi connectivity index (χ2v) is 7.20. The molecular formula is C25H23NO7. The molecule has 0 aromatic heterocycles. The molecule has 3 aromatic carbocycles. The van der Waals surface area contributed by atoms with E-state index < -0.39 is 24.1 Å². The molecule has 1 amide bonds. The Hall–Kier alpha value is -4.33. The van der Waals surface area contributed by atoms with Gasteiger partial charge in [0.05, 0.1) is 5.56 Å². The molecular weight excluding hydrogens is 426 g/mol. The number of phenolic OH excluding ortho intramolecular Hbond substituents is 1. The largest absolute Gasteiger partial charge is 0.508 e. The highest BCUT2D eigenvalue weighted by molar-refractivity contribution is 5.92. The maximum absolute atomic E-state index is 12.6. The summed E-state index contributed by atoms with van der Waals surface area (Å²) >= 11 is 0. The lowest BCUT2D eigenvalue weighted by molar-refractivity contribution is -0.139. The Labute approximate surface area is 190 Å². The second kappa shape index (κ2) is 11.3. The Morgan fingerprint density at radius 2 is 1.39 bits per heavy atom. The summed E-state index contributed by atoms with van der Waals surface area (Å²) in [5, 5.41) is 21.7. The molecule has 0 unspecified atom stereocenters. The summed E-state index contributed by atoms with van der Waals surface area (Å²) in [4.78, 5) is 36.5. The van der Waals surface area contributed by atoms with Crippen molar-refractivity contribution in [3.63, 3.8) is 0 Å². The number of amides is 1. The van der Waals surface area contributed by atoms with Crippen molar-refractivity contribution in [1.82, 2.24) is 5.32 Å². The van der Waals surface area contributed by atoms with Crippen molar-refractivity contribution >= 4 is 18.0 Å². The number of carbonyl (C=O) groups is 3. The first-order chi connectivity index (χ1) is 15.9. The number of hydrogen-bond acceptors (Lipinski definition) is 6. The highest BCUT2D eigenvalue weighted by Gasteiger charge is 2.24. The number of alkyl carbamates (subject to hydrolysis) is 1. The first kappa shape index (κ1) is 23.3. The van der Waals surface area contributed by atoms with Crippen LogP contribution >= 0.6 is 0 Å². The molecule has 0 radical (unpaired) electrons. The molecule has 0 saturated heterocycles. The lowest BCUT2D eigenvalue weighted by Crippen LogP contribution is -2.42. The molecule has 0 aliphatic rings. The maximum Gasteiger partial charge on any atom is 0.408 e. The Morgan fingerprint density at radius 1 is 0.818 bits per heavy atom. The van der Waals surface area contributed by atoms with Crippen LogP contribution in [0.25, 0.3) is 0 Å². The van der Waals surface area contributed by atoms with Crippen LogP contribution in [0.1, 0.15) is 27.0 Å². The zero-order chi connectivity index (χ0) is 23.6. The molecule has 0 spiro atoms. The first-order valence-electron chi connectivity index (χ1n) is 10.2. The van der Waals surface area contributed by atoms with Crippen LogP contribution in [0, 0.1) is 0 Å². The molecule has 170 valence electrons. The van der Waals surface area contributed by atoms with Crippen LogP contribution in [-0.2, 0) is 33.9 Å². The SMILES string of the molecule is O=C(N[C@@H](Cc1ccc(O)cc1C(=O)OCc1ccccc1)C(=O)O)OCc1ccccc1. The lowest BCUT2D eigenvalue weighted by Gasteiger charge is -2.17. The Balaban J connectivity index is 1.66. The third kappa shape index (κ3) is 7.10. The molecule has 3 N–H and O–H groups in total. The number of esters is 1. The number of hydrogen-bond donors (Lipinski definition) is 3. The molecule has 33 heavy (non-hydrogen) atoms. The van der Waals surface area contributed by atoms with Gasteiger partial charge in [0.15, 0.2) is 0 Å². The van der Waals surface area contributed by atoms with Gasteiger partial charge in [-0.3, -0.25) is 0 Å². The number of aromatic hydroxyl groups is 1. The van der Waals surface area contributed by atoms with E-state index in [1.54, 1.807) is 36.4 Å². The highest BCUT2D eigenvalue weighted by atomic mass is 16.5. The number of phenols is 1. The van der Waals surface area contributed by atoms with E-state index in [0.29, 0.717) is 5.56 Å². The van der Waals surface area contributed by atoms with Gasteiger partial charge in [0.25, 0.3) is 0 Å². The quantitative estimate of drug-likeness (QED) is 0.426. The van der Waals surface area contributed by atoms with Crippen molar-refractivity contribution < 1.29 is 34.1 Å². The Bertz CT molecular complexity index is 1100. The van der Waals surface area contributed by atoms with Gasteiger partial charge >= 0.3 is 18.0 Å². The van der Waals surface area contributed by atoms with E-state index in [-0.39, 0.29) is 30.9 Å². The van der Waals surface area contributed by atoms with E-state index in [1.165, 1.54) is 18.2 Å². The molecule has 0 aliphatic carbocycles. The van der Waals surface area contributed by atoms with Crippen molar-refractivity contribution in [3.05, 3.63) is 101 Å². The summed E-state index contributed by atoms with van der Waals surface area (Å²) in [6.45, 7) is -0.00350. The third-order valence-corrected chi connectivity index (χ3v) is 4.75. The number of carboxylic acids is 1. The van der Waals surface area contributed by atoms with Gasteiger partial charge in [-0.15, -0.1) is 0 Å². The number of benzene rings is 3. The molecule has 0 bridgehead atoms. The summed E-state index contributed by atoms with van der Waals surface area (Å²) in [6, 6.07) is 20.6. The van der Waals surface area contributed by atoms with Gasteiger partial charge in [-0.25, -0.2) is 14.4 Å². The zero-order valence-corrected chi connectivity index (χ0v) is 17.6. The molecule has 0 fully saturated rings. The Morgan fingerprint density at radius 3 is 1.97 bits per heavy atom. The lowest BCUT2D eigenvalue weighted by atomic mass is 9.99. The molecule has 3 aromatic rings. The first-order valence-corrected chi connectivity index (χ1v) is 10.2. The van der Waals surface area contributed by atoms with Crippen molar-refractivity contribution in [2.45, 2.75) is 25.7 Å². The monoisotopic (exact) mass is 449 g/mol. The molecule has 8 heteroatoms. The van der Waals surface area contributed by atoms with Gasteiger partial charge in [0.2, 0.25) is 0 Å². The highest BCUT2D eigenvalue weighted by Crippen LogP contribution is 2.20. The predicted molar refractivity (Wildman–Crippen MR) is 119 cm³/mol. The fourth-order valence-electron chi connectivity index (χ4n) is 3.06. The van der Waals surface area contributed by atoms with Crippen LogP contribution in [0.3, 0.4) is 0 Å². The van der Waals surface area contributed by atoms with Gasteiger partial charge in [-0.2, -0.15) is 0 Å². The standard InChI is InChI=1S/C25H23NO7/c27-20-12-11-19(21(14-20)24(30)32-15-17-7-3-1-4-8-17)13-22(23(28)29)26-25(31)33-16-18-9-5-2-6-10-18/h1-12,14,22,27H,13,15-16H2,(H,26,31)(H,28,29)/t22-/m0/s1. The smallest absolute Gasteiger partial charge is 0.408 e. The van der Waals surface area contributed by atoms with Crippen LogP contribution in [0.5, 0.6) is 5.75 Å². The van der Waals surface area contributed by atoms with E-state index in [2.05, 4.69) is 5.32 Å². The van der Waals surface area contributed by atoms with E-state index in [0.717, 1.165) is 11.1 Å². The van der Waals surface area contributed by atoms with Crippen molar-refractivity contribution in [1.29, 1.82) is 0 Å². The molecule has 0 saturated carbocycles. The number of nitrogens with one attached hydrogen (secondary N) is 1. The molecule has 3 rings (SSSR count). The molecule has 0 aliphatic heterocycles. The van der Waals surface area contributed by atoms with Crippen LogP contribution in [0.4, 0.5) is 4.79 Å². The van der Waals surface area contributed by atoms with Gasteiger partial charge in [-0.1, -0.05) is 66.7 Å². The minimum absolute atomic E-state index is 0.0108. The van der Waals surface area contributed by atoms with E-state index in [9.17, 15) is 24.6 Å². The van der Waals surface area contributed by atoms with Crippen LogP contribution in [0.15, 0.2) is 78.9 Å². The van der Waals surface area contributed by atoms with Crippen LogP contribution in [0.2, 0.25) is 0 Å². The molecule has 0 heterocycles. The second-order valence-electron chi connectivity index (χ2n) is 7.20. The third-order valence-electron chi connectivity index (χ3n) is 4.75. The minimum Gasteiger partial charge on any atom is -0.508 e. The van der Waals surface area contributed by atoms with Gasteiger partial charge < -0.3 is 25.0 Å². The fourth-order valence-corrected chi connectivity index (χ4v) is 3.06. The molecule has 1 atom stereocenters. The number of carboxylic acid groups (broad SMARTS) is 1. The maximum atomic E-state index is 12.6. The van der Waals surface area contributed by atoms with E-state index >= 15 is 0 Å². The summed E-state index contributed by atoms with van der Waals surface area (Å²) < 4.78 is 10.4. The van der Waals surface area contributed by atoms with Gasteiger partial charge in [0, 0.05) is 6.42 Å². The molecule has 8 nitrogen and oxygen atoms in total. The van der Waals surface area contributed by atoms with Crippen molar-refractivity contribution in [2.75, 3.05) is 0 Å². The zero-order valence-electron chi connectivity index (χ0n) is 17.6. The van der Waals surface area contributed by atoms with Gasteiger partial charge in [-0.05, 0) is 28.8 Å². The minimum atomic E-state index is -1.36. The van der Waals surface area contributed by atoms with Crippen molar-refractivity contribution in [3.8, 4) is 5.75 Å². The summed E-state index contributed by atoms with van der Waals surface area (Å²) in [5.41, 5.74) is 1.83. The summed E-state index contributed by atoms with van der Waals surface area (Å²) in [6.07, 6.45) is -1.12. The number of aliphatic carboxylic acids is 1. The number of ether oxygens (including phenoxy) is 2. The fraction of sp³-hybridized carbons (Fsp3) is 0.160. The van der Waals surface area contributed by atoms with Crippen LogP contribution < -0.4 is 5.32 Å². The average Bonchev–Trinajstić information content (AvgIpc) is 2.83. The van der Waals surface area contributed by atoms with Gasteiger partial charge in [0.1, 0.15) is 25.0 Å². The Kier molecular flexibility index (Phi) is 8.02. The number of carbonyl (C=O) groups excluding carboxylic acids is 2. The average molecular weight is 449 g/mol. The van der Waals surface area contributed by atoms with Crippen LogP contribution in [-0.4, -0.2) is 34.3 Å². The normalized spacial score (nSPS) is 11.3. The predicted octanol–water partition coefficient (Wildman–Crippen LogP) is 3.67. The summed E-state index contributed by atoms with van der Waals surface area (Å²) in [5.74, 6) is -2.20. The number of rotatable bonds is 9. The topological polar surface area (TPSA) is 122 Å². The summed E-state index contributed by atoms with van der Waals surface area (Å²) in [7, 11) is 0.